The van der Waals surface area contributed by atoms with Crippen molar-refractivity contribution in [1.29, 1.82) is 10.5 Å². The average Bonchev–Trinajstić information content (AvgIpc) is 0.792. The largest absolute Gasteiger partial charge is 0.380 e. The summed E-state index contributed by atoms with van der Waals surface area (Å²) in [5.74, 6) is 0.160. The molecule has 7 atom stereocenters. The van der Waals surface area contributed by atoms with Crippen LogP contribution in [0.1, 0.15) is 219 Å². The van der Waals surface area contributed by atoms with E-state index >= 15 is 0 Å². The van der Waals surface area contributed by atoms with Gasteiger partial charge in [0.15, 0.2) is 11.6 Å². The van der Waals surface area contributed by atoms with Crippen LogP contribution < -0.4 is 10.6 Å². The van der Waals surface area contributed by atoms with Gasteiger partial charge in [-0.25, -0.2) is 0 Å². The van der Waals surface area contributed by atoms with Crippen LogP contribution in [0, 0.1) is 106 Å². The summed E-state index contributed by atoms with van der Waals surface area (Å²) < 4.78 is 17.7. The molecule has 6 rings (SSSR count). The number of ketones is 2. The number of nitriles is 2. The Bertz CT molecular complexity index is 2570. The van der Waals surface area contributed by atoms with E-state index in [4.69, 9.17) is 14.2 Å². The summed E-state index contributed by atoms with van der Waals surface area (Å²) in [5.41, 5.74) is -2.69. The monoisotopic (exact) mass is 1150 g/mol. The zero-order valence-electron chi connectivity index (χ0n) is 54.1. The van der Waals surface area contributed by atoms with Crippen LogP contribution in [0.4, 0.5) is 0 Å². The highest BCUT2D eigenvalue weighted by molar-refractivity contribution is 6.05. The Balaban J connectivity index is 0.920. The molecule has 6 aliphatic rings. The van der Waals surface area contributed by atoms with E-state index in [-0.39, 0.29) is 85.3 Å². The van der Waals surface area contributed by atoms with Gasteiger partial charge in [-0.3, -0.25) is 24.0 Å². The minimum Gasteiger partial charge on any atom is -0.380 e. The summed E-state index contributed by atoms with van der Waals surface area (Å²) >= 11 is 0. The second-order valence-electron chi connectivity index (χ2n) is 31.5. The number of amides is 2. The number of nitrogens with one attached hydrogen (secondary N) is 2. The molecule has 0 spiro atoms. The van der Waals surface area contributed by atoms with Gasteiger partial charge in [0, 0.05) is 59.8 Å². The highest BCUT2D eigenvalue weighted by Crippen LogP contribution is 2.71. The molecule has 0 aromatic heterocycles. The van der Waals surface area contributed by atoms with Crippen molar-refractivity contribution < 1.29 is 43.0 Å². The Hall–Kier alpha value is -4.30. The predicted molar refractivity (Wildman–Crippen MR) is 325 cm³/mol. The molecule has 0 heterocycles. The summed E-state index contributed by atoms with van der Waals surface area (Å²) in [4.78, 5) is 80.4. The third-order valence-electron chi connectivity index (χ3n) is 23.4. The van der Waals surface area contributed by atoms with Crippen LogP contribution in [0.25, 0.3) is 0 Å². The van der Waals surface area contributed by atoms with Crippen LogP contribution in [0.15, 0.2) is 34.9 Å². The first-order chi connectivity index (χ1) is 38.7. The molecule has 462 valence electrons. The number of hydrogen-bond acceptors (Lipinski definition) is 11. The van der Waals surface area contributed by atoms with Gasteiger partial charge >= 0.3 is 0 Å². The van der Waals surface area contributed by atoms with Gasteiger partial charge in [-0.05, 0) is 171 Å². The van der Waals surface area contributed by atoms with E-state index in [0.717, 1.165) is 121 Å². The number of carbonyl (C=O) groups excluding carboxylic acids is 6. The van der Waals surface area contributed by atoms with Crippen LogP contribution in [0.2, 0.25) is 0 Å². The lowest BCUT2D eigenvalue weighted by Crippen LogP contribution is -2.61. The zero-order valence-corrected chi connectivity index (χ0v) is 54.1. The highest BCUT2D eigenvalue weighted by atomic mass is 16.5. The molecule has 0 saturated heterocycles. The van der Waals surface area contributed by atoms with Crippen molar-refractivity contribution in [2.75, 3.05) is 52.7 Å². The van der Waals surface area contributed by atoms with E-state index in [1.807, 2.05) is 39.8 Å². The molecule has 13 heteroatoms. The molecule has 13 nitrogen and oxygen atoms in total. The topological polar surface area (TPSA) is 202 Å². The lowest BCUT2D eigenvalue weighted by Gasteiger charge is -2.65. The molecule has 0 aliphatic heterocycles. The van der Waals surface area contributed by atoms with Crippen LogP contribution >= 0.6 is 0 Å². The van der Waals surface area contributed by atoms with E-state index in [1.165, 1.54) is 0 Å². The molecule has 0 radical (unpaired) electrons. The van der Waals surface area contributed by atoms with Gasteiger partial charge in [0.2, 0.25) is 11.8 Å². The number of fused-ring (bicyclic) bond motifs is 2. The number of allylic oxidation sites excluding steroid dienone is 6. The Labute approximate surface area is 500 Å². The van der Waals surface area contributed by atoms with E-state index in [2.05, 4.69) is 98.9 Å². The maximum absolute atomic E-state index is 14.4. The van der Waals surface area contributed by atoms with Gasteiger partial charge < -0.3 is 29.6 Å². The number of ether oxygens (including phenoxy) is 3. The smallest absolute Gasteiger partial charge is 0.226 e. The maximum atomic E-state index is 14.4. The average molecular weight is 1150 g/mol. The molecular formula is C70H108N4O9. The number of rotatable bonds is 24. The fourth-order valence-corrected chi connectivity index (χ4v) is 17.9. The van der Waals surface area contributed by atoms with E-state index in [9.17, 15) is 39.3 Å². The molecule has 4 saturated carbocycles. The number of nitrogens with zero attached hydrogens (tertiary/aromatic N) is 2. The second-order valence-corrected chi connectivity index (χ2v) is 31.5. The molecule has 7 unspecified atom stereocenters. The summed E-state index contributed by atoms with van der Waals surface area (Å²) in [6, 6.07) is 4.38. The first-order valence-corrected chi connectivity index (χ1v) is 31.9. The molecule has 0 bridgehead atoms. The van der Waals surface area contributed by atoms with Gasteiger partial charge in [0.1, 0.15) is 24.7 Å². The van der Waals surface area contributed by atoms with Crippen molar-refractivity contribution in [3.05, 3.63) is 34.9 Å². The lowest BCUT2D eigenvalue weighted by atomic mass is 9.38. The van der Waals surface area contributed by atoms with Crippen molar-refractivity contribution >= 4 is 36.0 Å². The standard InChI is InChI=1S/C70H108N4O9/c1-60(2,3)27-31-69(25-17-51(18-26-69)65(12)23-19-52-62(7,8)56(77)49(47-71)45-66(52,13)54(65)21-37-75)58(79)73-35-41-81-39-16-40-82-43-44-83-42-36-74-59(80)70(32-28-61(4,5)6)33-29-64(11,30-34-70)68(15)24-20-53-63(9,10)57(78)50(48-72)46-67(53,14)55(68)22-38-76/h21,37-38,45-46,51-53,55H,16-20,22-36,39-44H2,1-15H3,(H,73,79)(H,74,80)/b54-21+. The van der Waals surface area contributed by atoms with Gasteiger partial charge in [0.05, 0.1) is 37.6 Å². The summed E-state index contributed by atoms with van der Waals surface area (Å²) in [5, 5.41) is 26.6. The van der Waals surface area contributed by atoms with Crippen molar-refractivity contribution in [2.24, 2.45) is 83.2 Å². The Morgan fingerprint density at radius 1 is 0.614 bits per heavy atom. The molecule has 2 amide bonds. The summed E-state index contributed by atoms with van der Waals surface area (Å²) in [6.07, 6.45) is 21.7. The van der Waals surface area contributed by atoms with Gasteiger partial charge in [0.25, 0.3) is 0 Å². The van der Waals surface area contributed by atoms with E-state index in [1.54, 1.807) is 6.08 Å². The van der Waals surface area contributed by atoms with Crippen LogP contribution in [-0.2, 0) is 43.0 Å². The number of Topliss-reactive ketones (excluding diaryl/α,β-unsaturated/α-hetero) is 2. The molecule has 0 aromatic carbocycles. The van der Waals surface area contributed by atoms with Gasteiger partial charge in [-0.1, -0.05) is 122 Å². The summed E-state index contributed by atoms with van der Waals surface area (Å²) in [6.45, 7) is 35.9. The Morgan fingerprint density at radius 3 is 1.58 bits per heavy atom. The maximum Gasteiger partial charge on any atom is 0.226 e. The van der Waals surface area contributed by atoms with E-state index in [0.29, 0.717) is 65.6 Å². The molecule has 0 aromatic rings. The van der Waals surface area contributed by atoms with E-state index < -0.39 is 32.5 Å². The highest BCUT2D eigenvalue weighted by Gasteiger charge is 2.65. The first-order valence-electron chi connectivity index (χ1n) is 31.9. The van der Waals surface area contributed by atoms with Crippen LogP contribution in [0.3, 0.4) is 0 Å². The van der Waals surface area contributed by atoms with Crippen LogP contribution in [-0.4, -0.2) is 88.7 Å². The van der Waals surface area contributed by atoms with Gasteiger partial charge in [-0.15, -0.1) is 0 Å². The minimum absolute atomic E-state index is 0.0259. The first kappa shape index (κ1) is 67.8. The third kappa shape index (κ3) is 13.8. The molecule has 6 aliphatic carbocycles. The number of carbonyl (C=O) groups is 6. The fourth-order valence-electron chi connectivity index (χ4n) is 17.9. The Morgan fingerprint density at radius 2 is 1.08 bits per heavy atom. The molecule has 83 heavy (non-hydrogen) atoms. The van der Waals surface area contributed by atoms with Crippen molar-refractivity contribution in [3.8, 4) is 12.1 Å². The minimum atomic E-state index is -0.724. The number of hydrogen-bond donors (Lipinski definition) is 2. The quantitative estimate of drug-likeness (QED) is 0.0529. The molecular weight excluding hydrogens is 1040 g/mol. The van der Waals surface area contributed by atoms with Gasteiger partial charge in [-0.2, -0.15) is 10.5 Å². The van der Waals surface area contributed by atoms with Crippen molar-refractivity contribution in [1.82, 2.24) is 10.6 Å². The molecule has 2 N–H and O–H groups in total. The zero-order chi connectivity index (χ0) is 61.7. The fraction of sp³-hybridized carbons (Fsp3) is 0.800. The second kappa shape index (κ2) is 26.0. The van der Waals surface area contributed by atoms with Crippen molar-refractivity contribution in [2.45, 2.75) is 219 Å². The lowest BCUT2D eigenvalue weighted by molar-refractivity contribution is -0.166. The van der Waals surface area contributed by atoms with Crippen molar-refractivity contribution in [3.63, 3.8) is 0 Å². The molecule has 4 fully saturated rings. The third-order valence-corrected chi connectivity index (χ3v) is 23.4. The summed E-state index contributed by atoms with van der Waals surface area (Å²) in [7, 11) is 0. The van der Waals surface area contributed by atoms with Crippen LogP contribution in [0.5, 0.6) is 0 Å². The Kier molecular flexibility index (Phi) is 21.2. The SMILES string of the molecule is CC(C)(C)CCC1(C(=O)NCCOCCCOCCOCCNC(=O)C2(CCC(C)(C)C)CCC(C)(C3(C)CCC4C(C)(C)C(=O)C(C#N)=CC4(C)C3CC=O)CC2)CCC(C2(C)CCC3C(C)(C)C(=O)C(C#N)=CC3(C)/C2=C/C=O)CC1. The predicted octanol–water partition coefficient (Wildman–Crippen LogP) is 13.3. The number of aldehydes is 2. The normalized spacial score (nSPS) is 35.6.